The molecule has 0 heterocycles. The smallest absolute Gasteiger partial charge is 0.255 e. The standard InChI is InChI=1S/C12H19N3O2/c1-15(2)8-4-7-14-12(17)9-5-3-6-10(13)11(9)16/h3,5-6,16H,4,7-8,13H2,1-2H3,(H,14,17). The van der Waals surface area contributed by atoms with E-state index in [0.717, 1.165) is 13.0 Å². The normalized spacial score (nSPS) is 10.5. The van der Waals surface area contributed by atoms with Gasteiger partial charge in [-0.2, -0.15) is 0 Å². The molecular weight excluding hydrogens is 218 g/mol. The molecule has 1 aromatic carbocycles. The number of rotatable bonds is 5. The average Bonchev–Trinajstić information content (AvgIpc) is 2.27. The van der Waals surface area contributed by atoms with Crippen molar-refractivity contribution in [3.8, 4) is 5.75 Å². The van der Waals surface area contributed by atoms with Crippen LogP contribution in [0.4, 0.5) is 5.69 Å². The SMILES string of the molecule is CN(C)CCCNC(=O)c1cccc(N)c1O. The van der Waals surface area contributed by atoms with Crippen LogP contribution in [-0.4, -0.2) is 43.1 Å². The number of anilines is 1. The van der Waals surface area contributed by atoms with Crippen LogP contribution >= 0.6 is 0 Å². The minimum atomic E-state index is -0.298. The monoisotopic (exact) mass is 237 g/mol. The largest absolute Gasteiger partial charge is 0.505 e. The molecule has 0 saturated heterocycles. The molecule has 0 unspecified atom stereocenters. The summed E-state index contributed by atoms with van der Waals surface area (Å²) in [6.45, 7) is 1.48. The Labute approximate surface area is 101 Å². The third kappa shape index (κ3) is 3.96. The maximum absolute atomic E-state index is 11.7. The summed E-state index contributed by atoms with van der Waals surface area (Å²) in [5.74, 6) is -0.453. The Kier molecular flexibility index (Phi) is 4.78. The molecule has 5 heteroatoms. The zero-order valence-electron chi connectivity index (χ0n) is 10.2. The van der Waals surface area contributed by atoms with Gasteiger partial charge in [0.15, 0.2) is 5.75 Å². The van der Waals surface area contributed by atoms with E-state index in [1.54, 1.807) is 18.2 Å². The highest BCUT2D eigenvalue weighted by Gasteiger charge is 2.11. The van der Waals surface area contributed by atoms with E-state index in [2.05, 4.69) is 5.32 Å². The highest BCUT2D eigenvalue weighted by atomic mass is 16.3. The summed E-state index contributed by atoms with van der Waals surface area (Å²) in [5, 5.41) is 12.4. The number of nitrogens with one attached hydrogen (secondary N) is 1. The number of phenols is 1. The minimum absolute atomic E-state index is 0.155. The van der Waals surface area contributed by atoms with Gasteiger partial charge in [-0.1, -0.05) is 6.07 Å². The van der Waals surface area contributed by atoms with Gasteiger partial charge < -0.3 is 21.1 Å². The zero-order chi connectivity index (χ0) is 12.8. The van der Waals surface area contributed by atoms with E-state index in [1.165, 1.54) is 0 Å². The molecule has 0 aliphatic heterocycles. The molecule has 5 nitrogen and oxygen atoms in total. The fourth-order valence-electron chi connectivity index (χ4n) is 1.44. The fourth-order valence-corrected chi connectivity index (χ4v) is 1.44. The molecular formula is C12H19N3O2. The predicted octanol–water partition coefficient (Wildman–Crippen LogP) is 0.656. The highest BCUT2D eigenvalue weighted by Crippen LogP contribution is 2.23. The average molecular weight is 237 g/mol. The van der Waals surface area contributed by atoms with Crippen LogP contribution in [0.25, 0.3) is 0 Å². The molecule has 1 aromatic rings. The first-order valence-electron chi connectivity index (χ1n) is 5.52. The highest BCUT2D eigenvalue weighted by molar-refractivity contribution is 5.98. The van der Waals surface area contributed by atoms with Gasteiger partial charge in [-0.15, -0.1) is 0 Å². The van der Waals surface area contributed by atoms with Crippen molar-refractivity contribution in [2.45, 2.75) is 6.42 Å². The molecule has 1 amide bonds. The Morgan fingerprint density at radius 2 is 2.18 bits per heavy atom. The van der Waals surface area contributed by atoms with Crippen molar-refractivity contribution in [3.63, 3.8) is 0 Å². The van der Waals surface area contributed by atoms with E-state index < -0.39 is 0 Å². The van der Waals surface area contributed by atoms with Crippen molar-refractivity contribution in [3.05, 3.63) is 23.8 Å². The van der Waals surface area contributed by atoms with E-state index in [-0.39, 0.29) is 22.9 Å². The van der Waals surface area contributed by atoms with Crippen molar-refractivity contribution >= 4 is 11.6 Å². The van der Waals surface area contributed by atoms with Crippen LogP contribution < -0.4 is 11.1 Å². The summed E-state index contributed by atoms with van der Waals surface area (Å²) in [5.41, 5.74) is 5.95. The molecule has 0 fully saturated rings. The summed E-state index contributed by atoms with van der Waals surface area (Å²) in [4.78, 5) is 13.8. The summed E-state index contributed by atoms with van der Waals surface area (Å²) in [6, 6.07) is 4.74. The Balaban J connectivity index is 2.50. The van der Waals surface area contributed by atoms with Gasteiger partial charge in [-0.3, -0.25) is 4.79 Å². The summed E-state index contributed by atoms with van der Waals surface area (Å²) in [7, 11) is 3.96. The van der Waals surface area contributed by atoms with Crippen molar-refractivity contribution in [2.75, 3.05) is 32.9 Å². The Morgan fingerprint density at radius 3 is 2.82 bits per heavy atom. The predicted molar refractivity (Wildman–Crippen MR) is 68.0 cm³/mol. The third-order valence-electron chi connectivity index (χ3n) is 2.38. The van der Waals surface area contributed by atoms with Gasteiger partial charge in [-0.05, 0) is 39.2 Å². The van der Waals surface area contributed by atoms with Gasteiger partial charge in [0.1, 0.15) is 0 Å². The van der Waals surface area contributed by atoms with Gasteiger partial charge in [-0.25, -0.2) is 0 Å². The number of para-hydroxylation sites is 1. The summed E-state index contributed by atoms with van der Waals surface area (Å²) >= 11 is 0. The van der Waals surface area contributed by atoms with Crippen LogP contribution in [0.15, 0.2) is 18.2 Å². The lowest BCUT2D eigenvalue weighted by molar-refractivity contribution is 0.0949. The molecule has 0 aliphatic rings. The van der Waals surface area contributed by atoms with Crippen molar-refractivity contribution < 1.29 is 9.90 Å². The van der Waals surface area contributed by atoms with Crippen LogP contribution in [0.5, 0.6) is 5.75 Å². The maximum Gasteiger partial charge on any atom is 0.255 e. The number of carbonyl (C=O) groups excluding carboxylic acids is 1. The number of hydrogen-bond acceptors (Lipinski definition) is 4. The van der Waals surface area contributed by atoms with Crippen LogP contribution in [0.1, 0.15) is 16.8 Å². The number of nitrogens with two attached hydrogens (primary N) is 1. The topological polar surface area (TPSA) is 78.6 Å². The Hall–Kier alpha value is -1.75. The van der Waals surface area contributed by atoms with Crippen molar-refractivity contribution in [1.29, 1.82) is 0 Å². The molecule has 0 saturated carbocycles. The lowest BCUT2D eigenvalue weighted by Gasteiger charge is -2.10. The summed E-state index contributed by atoms with van der Waals surface area (Å²) < 4.78 is 0. The van der Waals surface area contributed by atoms with Gasteiger partial charge in [0, 0.05) is 6.54 Å². The van der Waals surface area contributed by atoms with Gasteiger partial charge in [0.05, 0.1) is 11.3 Å². The quantitative estimate of drug-likeness (QED) is 0.399. The van der Waals surface area contributed by atoms with Crippen molar-refractivity contribution in [2.24, 2.45) is 0 Å². The summed E-state index contributed by atoms with van der Waals surface area (Å²) in [6.07, 6.45) is 0.863. The second-order valence-electron chi connectivity index (χ2n) is 4.16. The number of benzene rings is 1. The second kappa shape index (κ2) is 6.10. The zero-order valence-corrected chi connectivity index (χ0v) is 10.2. The number of carbonyl (C=O) groups is 1. The van der Waals surface area contributed by atoms with E-state index >= 15 is 0 Å². The molecule has 0 atom stereocenters. The lowest BCUT2D eigenvalue weighted by atomic mass is 10.1. The Bertz CT molecular complexity index is 391. The molecule has 0 radical (unpaired) electrons. The van der Waals surface area contributed by atoms with E-state index in [9.17, 15) is 9.90 Å². The van der Waals surface area contributed by atoms with Crippen LogP contribution in [0.3, 0.4) is 0 Å². The number of phenolic OH excluding ortho intramolecular Hbond substituents is 1. The number of nitrogen functional groups attached to an aromatic ring is 1. The lowest BCUT2D eigenvalue weighted by Crippen LogP contribution is -2.27. The first-order chi connectivity index (χ1) is 8.02. The number of nitrogens with zero attached hydrogens (tertiary/aromatic N) is 1. The van der Waals surface area contributed by atoms with Crippen molar-refractivity contribution in [1.82, 2.24) is 10.2 Å². The first-order valence-corrected chi connectivity index (χ1v) is 5.52. The molecule has 0 aromatic heterocycles. The third-order valence-corrected chi connectivity index (χ3v) is 2.38. The van der Waals surface area contributed by atoms with E-state index in [0.29, 0.717) is 6.54 Å². The fraction of sp³-hybridized carbons (Fsp3) is 0.417. The number of hydrogen-bond donors (Lipinski definition) is 3. The molecule has 1 rings (SSSR count). The molecule has 0 spiro atoms. The van der Waals surface area contributed by atoms with E-state index in [1.807, 2.05) is 19.0 Å². The Morgan fingerprint density at radius 1 is 1.47 bits per heavy atom. The molecule has 0 bridgehead atoms. The van der Waals surface area contributed by atoms with Crippen LogP contribution in [0.2, 0.25) is 0 Å². The number of amides is 1. The second-order valence-corrected chi connectivity index (χ2v) is 4.16. The molecule has 94 valence electrons. The van der Waals surface area contributed by atoms with E-state index in [4.69, 9.17) is 5.73 Å². The first kappa shape index (κ1) is 13.3. The number of aromatic hydroxyl groups is 1. The van der Waals surface area contributed by atoms with Crippen LogP contribution in [-0.2, 0) is 0 Å². The molecule has 17 heavy (non-hydrogen) atoms. The minimum Gasteiger partial charge on any atom is -0.505 e. The van der Waals surface area contributed by atoms with Gasteiger partial charge >= 0.3 is 0 Å². The molecule has 0 aliphatic carbocycles. The van der Waals surface area contributed by atoms with Gasteiger partial charge in [0.25, 0.3) is 5.91 Å². The maximum atomic E-state index is 11.7. The van der Waals surface area contributed by atoms with Gasteiger partial charge in [0.2, 0.25) is 0 Å². The molecule has 4 N–H and O–H groups in total. The van der Waals surface area contributed by atoms with Crippen LogP contribution in [0, 0.1) is 0 Å².